The average molecular weight is 125 g/mol. The Morgan fingerprint density at radius 2 is 2.44 bits per heavy atom. The van der Waals surface area contributed by atoms with E-state index in [-0.39, 0.29) is 12.0 Å². The van der Waals surface area contributed by atoms with Crippen LogP contribution in [0.4, 0.5) is 0 Å². The van der Waals surface area contributed by atoms with Crippen LogP contribution in [-0.4, -0.2) is 24.3 Å². The molecule has 9 heavy (non-hydrogen) atoms. The van der Waals surface area contributed by atoms with Crippen molar-refractivity contribution in [2.24, 2.45) is 5.92 Å². The lowest BCUT2D eigenvalue weighted by Crippen LogP contribution is -2.16. The van der Waals surface area contributed by atoms with Gasteiger partial charge in [0.2, 0.25) is 0 Å². The Hall–Kier alpha value is -0.520. The molecule has 1 saturated heterocycles. The topological polar surface area (TPSA) is 32.3 Å². The molecule has 0 aliphatic carbocycles. The Morgan fingerprint density at radius 3 is 2.89 bits per heavy atom. The van der Waals surface area contributed by atoms with Crippen molar-refractivity contribution in [1.29, 1.82) is 0 Å². The van der Waals surface area contributed by atoms with Crippen molar-refractivity contribution in [2.75, 3.05) is 13.1 Å². The monoisotopic (exact) mass is 125 g/mol. The maximum absolute atomic E-state index is 9.16. The van der Waals surface area contributed by atoms with E-state index in [4.69, 9.17) is 11.5 Å². The predicted molar refractivity (Wildman–Crippen MR) is 35.8 cm³/mol. The number of nitrogens with one attached hydrogen (secondary N) is 1. The molecule has 2 nitrogen and oxygen atoms in total. The van der Waals surface area contributed by atoms with Crippen LogP contribution in [0.1, 0.15) is 6.42 Å². The van der Waals surface area contributed by atoms with E-state index in [1.54, 1.807) is 0 Å². The van der Waals surface area contributed by atoms with Crippen molar-refractivity contribution < 1.29 is 5.11 Å². The highest BCUT2D eigenvalue weighted by Crippen LogP contribution is 2.11. The van der Waals surface area contributed by atoms with Crippen LogP contribution >= 0.6 is 0 Å². The van der Waals surface area contributed by atoms with Gasteiger partial charge in [-0.1, -0.05) is 0 Å². The maximum atomic E-state index is 9.16. The van der Waals surface area contributed by atoms with E-state index >= 15 is 0 Å². The van der Waals surface area contributed by atoms with Gasteiger partial charge < -0.3 is 10.4 Å². The van der Waals surface area contributed by atoms with Crippen molar-refractivity contribution >= 4 is 0 Å². The van der Waals surface area contributed by atoms with E-state index in [0.29, 0.717) is 13.0 Å². The summed E-state index contributed by atoms with van der Waals surface area (Å²) in [5.41, 5.74) is 0. The van der Waals surface area contributed by atoms with Gasteiger partial charge in [-0.25, -0.2) is 0 Å². The fraction of sp³-hybridized carbons (Fsp3) is 0.714. The quantitative estimate of drug-likeness (QED) is 0.467. The van der Waals surface area contributed by atoms with E-state index < -0.39 is 0 Å². The molecule has 0 bridgehead atoms. The van der Waals surface area contributed by atoms with Crippen molar-refractivity contribution in [1.82, 2.24) is 5.32 Å². The van der Waals surface area contributed by atoms with E-state index in [9.17, 15) is 0 Å². The first kappa shape index (κ1) is 6.60. The fourth-order valence-corrected chi connectivity index (χ4v) is 1.08. The summed E-state index contributed by atoms with van der Waals surface area (Å²) in [4.78, 5) is 0. The molecule has 0 saturated carbocycles. The van der Waals surface area contributed by atoms with E-state index in [2.05, 4.69) is 11.2 Å². The molecule has 1 aliphatic heterocycles. The Morgan fingerprint density at radius 1 is 1.67 bits per heavy atom. The standard InChI is InChI=1S/C7H11NO/c1-2-3-6-4-8-5-7(6)9/h1,6-9H,3-5H2. The summed E-state index contributed by atoms with van der Waals surface area (Å²) < 4.78 is 0. The highest BCUT2D eigenvalue weighted by molar-refractivity contribution is 4.92. The lowest BCUT2D eigenvalue weighted by Gasteiger charge is -2.07. The largest absolute Gasteiger partial charge is 0.391 e. The van der Waals surface area contributed by atoms with Crippen molar-refractivity contribution in [3.8, 4) is 12.3 Å². The van der Waals surface area contributed by atoms with Gasteiger partial charge in [0.1, 0.15) is 0 Å². The zero-order valence-electron chi connectivity index (χ0n) is 5.30. The molecule has 1 fully saturated rings. The zero-order valence-corrected chi connectivity index (χ0v) is 5.30. The third-order valence-electron chi connectivity index (χ3n) is 1.68. The first-order valence-corrected chi connectivity index (χ1v) is 3.17. The van der Waals surface area contributed by atoms with E-state index in [1.807, 2.05) is 0 Å². The van der Waals surface area contributed by atoms with Gasteiger partial charge in [-0.15, -0.1) is 12.3 Å². The minimum Gasteiger partial charge on any atom is -0.391 e. The molecule has 0 aromatic rings. The summed E-state index contributed by atoms with van der Waals surface area (Å²) >= 11 is 0. The summed E-state index contributed by atoms with van der Waals surface area (Å²) in [5.74, 6) is 2.83. The molecule has 1 heterocycles. The molecule has 0 radical (unpaired) electrons. The highest BCUT2D eigenvalue weighted by Gasteiger charge is 2.23. The number of aliphatic hydroxyl groups excluding tert-OH is 1. The molecule has 2 heteroatoms. The summed E-state index contributed by atoms with van der Waals surface area (Å²) in [6.07, 6.45) is 5.55. The summed E-state index contributed by atoms with van der Waals surface area (Å²) in [5, 5.41) is 12.2. The molecule has 2 N–H and O–H groups in total. The molecule has 0 spiro atoms. The summed E-state index contributed by atoms with van der Waals surface area (Å²) in [7, 11) is 0. The van der Waals surface area contributed by atoms with Crippen LogP contribution in [-0.2, 0) is 0 Å². The normalized spacial score (nSPS) is 34.2. The van der Waals surface area contributed by atoms with Crippen molar-refractivity contribution in [3.63, 3.8) is 0 Å². The van der Waals surface area contributed by atoms with Gasteiger partial charge >= 0.3 is 0 Å². The van der Waals surface area contributed by atoms with E-state index in [0.717, 1.165) is 6.54 Å². The van der Waals surface area contributed by atoms with Crippen LogP contribution in [0.2, 0.25) is 0 Å². The molecule has 1 rings (SSSR count). The van der Waals surface area contributed by atoms with Crippen LogP contribution in [0.3, 0.4) is 0 Å². The molecular weight excluding hydrogens is 114 g/mol. The zero-order chi connectivity index (χ0) is 6.69. The molecule has 0 aromatic carbocycles. The van der Waals surface area contributed by atoms with Crippen molar-refractivity contribution in [3.05, 3.63) is 0 Å². The summed E-state index contributed by atoms with van der Waals surface area (Å²) in [6, 6.07) is 0. The van der Waals surface area contributed by atoms with Crippen LogP contribution in [0.15, 0.2) is 0 Å². The Kier molecular flexibility index (Phi) is 2.10. The first-order valence-electron chi connectivity index (χ1n) is 3.17. The molecule has 2 atom stereocenters. The number of rotatable bonds is 1. The van der Waals surface area contributed by atoms with Gasteiger partial charge in [-0.05, 0) is 0 Å². The number of hydrogen-bond acceptors (Lipinski definition) is 2. The Balaban J connectivity index is 2.33. The van der Waals surface area contributed by atoms with Gasteiger partial charge in [0.15, 0.2) is 0 Å². The second-order valence-electron chi connectivity index (χ2n) is 2.39. The molecule has 2 unspecified atom stereocenters. The molecular formula is C7H11NO. The van der Waals surface area contributed by atoms with Crippen LogP contribution in [0, 0.1) is 18.3 Å². The lowest BCUT2D eigenvalue weighted by molar-refractivity contribution is 0.150. The van der Waals surface area contributed by atoms with Gasteiger partial charge in [0.05, 0.1) is 6.10 Å². The first-order chi connectivity index (χ1) is 4.34. The smallest absolute Gasteiger partial charge is 0.0713 e. The number of β-amino-alcohol motifs (C(OH)–C–C–N with tert-alkyl or cyclic N) is 1. The van der Waals surface area contributed by atoms with Crippen molar-refractivity contribution in [2.45, 2.75) is 12.5 Å². The Labute approximate surface area is 55.3 Å². The maximum Gasteiger partial charge on any atom is 0.0713 e. The minimum absolute atomic E-state index is 0.221. The minimum atomic E-state index is -0.221. The van der Waals surface area contributed by atoms with E-state index in [1.165, 1.54) is 0 Å². The fourth-order valence-electron chi connectivity index (χ4n) is 1.08. The van der Waals surface area contributed by atoms with Crippen LogP contribution < -0.4 is 5.32 Å². The molecule has 50 valence electrons. The van der Waals surface area contributed by atoms with Gasteiger partial charge in [-0.3, -0.25) is 0 Å². The third kappa shape index (κ3) is 1.44. The van der Waals surface area contributed by atoms with Gasteiger partial charge in [0, 0.05) is 25.4 Å². The van der Waals surface area contributed by atoms with Gasteiger partial charge in [0.25, 0.3) is 0 Å². The molecule has 1 aliphatic rings. The second kappa shape index (κ2) is 2.86. The highest BCUT2D eigenvalue weighted by atomic mass is 16.3. The van der Waals surface area contributed by atoms with Crippen LogP contribution in [0.5, 0.6) is 0 Å². The van der Waals surface area contributed by atoms with Crippen LogP contribution in [0.25, 0.3) is 0 Å². The number of terminal acetylenes is 1. The third-order valence-corrected chi connectivity index (χ3v) is 1.68. The Bertz CT molecular complexity index is 127. The predicted octanol–water partition coefficient (Wildman–Crippen LogP) is -0.410. The second-order valence-corrected chi connectivity index (χ2v) is 2.39. The SMILES string of the molecule is C#CCC1CNCC1O. The average Bonchev–Trinajstić information content (AvgIpc) is 2.18. The van der Waals surface area contributed by atoms with Gasteiger partial charge in [-0.2, -0.15) is 0 Å². The number of hydrogen-bond donors (Lipinski definition) is 2. The molecule has 0 amide bonds. The summed E-state index contributed by atoms with van der Waals surface area (Å²) in [6.45, 7) is 1.57. The molecule has 0 aromatic heterocycles. The lowest BCUT2D eigenvalue weighted by atomic mass is 10.0. The number of aliphatic hydroxyl groups is 1.